The second-order valence-electron chi connectivity index (χ2n) is 7.07. The summed E-state index contributed by atoms with van der Waals surface area (Å²) in [5, 5.41) is 3.06. The number of fused-ring (bicyclic) bond motifs is 1. The van der Waals surface area contributed by atoms with Gasteiger partial charge in [0.2, 0.25) is 5.91 Å². The van der Waals surface area contributed by atoms with E-state index in [9.17, 15) is 4.79 Å². The highest BCUT2D eigenvalue weighted by Crippen LogP contribution is 2.26. The van der Waals surface area contributed by atoms with Gasteiger partial charge < -0.3 is 14.6 Å². The van der Waals surface area contributed by atoms with Gasteiger partial charge in [-0.15, -0.1) is 0 Å². The van der Waals surface area contributed by atoms with E-state index >= 15 is 0 Å². The van der Waals surface area contributed by atoms with Crippen molar-refractivity contribution in [3.05, 3.63) is 58.8 Å². The number of nitrogens with one attached hydrogen (secondary N) is 1. The molecule has 0 aliphatic rings. The predicted molar refractivity (Wildman–Crippen MR) is 122 cm³/mol. The second-order valence-corrected chi connectivity index (χ2v) is 7.99. The number of aromatic nitrogens is 2. The molecule has 0 spiro atoms. The normalized spacial score (nSPS) is 11.3. The van der Waals surface area contributed by atoms with E-state index in [1.807, 2.05) is 36.5 Å². The van der Waals surface area contributed by atoms with Crippen LogP contribution in [0.25, 0.3) is 16.9 Å². The molecular weight excluding hydrogens is 428 g/mol. The van der Waals surface area contributed by atoms with E-state index in [1.54, 1.807) is 0 Å². The highest BCUT2D eigenvalue weighted by atomic mass is 79.9. The second kappa shape index (κ2) is 10.6. The van der Waals surface area contributed by atoms with Gasteiger partial charge in [0.15, 0.2) is 0 Å². The van der Waals surface area contributed by atoms with Crippen molar-refractivity contribution >= 4 is 27.5 Å². The molecule has 2 aromatic heterocycles. The van der Waals surface area contributed by atoms with E-state index in [-0.39, 0.29) is 5.91 Å². The Morgan fingerprint density at radius 3 is 2.62 bits per heavy atom. The smallest absolute Gasteiger partial charge is 0.220 e. The number of pyridine rings is 1. The largest absolute Gasteiger partial charge is 0.356 e. The van der Waals surface area contributed by atoms with Crippen molar-refractivity contribution in [2.45, 2.75) is 33.1 Å². The molecule has 2 heterocycles. The quantitative estimate of drug-likeness (QED) is 0.455. The molecule has 3 aromatic rings. The molecule has 1 N–H and O–H groups in total. The summed E-state index contributed by atoms with van der Waals surface area (Å²) in [4.78, 5) is 19.6. The number of rotatable bonds is 10. The fourth-order valence-corrected chi connectivity index (χ4v) is 3.78. The van der Waals surface area contributed by atoms with Gasteiger partial charge >= 0.3 is 0 Å². The molecule has 0 saturated heterocycles. The Labute approximate surface area is 181 Å². The summed E-state index contributed by atoms with van der Waals surface area (Å²) in [5.74, 6) is 0.0946. The lowest BCUT2D eigenvalue weighted by atomic mass is 10.1. The van der Waals surface area contributed by atoms with E-state index in [2.05, 4.69) is 56.5 Å². The van der Waals surface area contributed by atoms with Gasteiger partial charge in [0.25, 0.3) is 0 Å². The van der Waals surface area contributed by atoms with Crippen LogP contribution in [0.1, 0.15) is 32.4 Å². The summed E-state index contributed by atoms with van der Waals surface area (Å²) in [6.45, 7) is 8.19. The molecule has 0 radical (unpaired) electrons. The zero-order valence-electron chi connectivity index (χ0n) is 17.2. The van der Waals surface area contributed by atoms with E-state index < -0.39 is 0 Å². The molecule has 0 bridgehead atoms. The van der Waals surface area contributed by atoms with Gasteiger partial charge in [-0.3, -0.25) is 4.79 Å². The van der Waals surface area contributed by atoms with Crippen molar-refractivity contribution in [3.63, 3.8) is 0 Å². The molecule has 0 fully saturated rings. The summed E-state index contributed by atoms with van der Waals surface area (Å²) in [6, 6.07) is 14.1. The van der Waals surface area contributed by atoms with Gasteiger partial charge in [0, 0.05) is 29.2 Å². The van der Waals surface area contributed by atoms with Gasteiger partial charge in [-0.25, -0.2) is 4.98 Å². The third kappa shape index (κ3) is 5.67. The number of nitrogens with zero attached hydrogens (tertiary/aromatic N) is 3. The van der Waals surface area contributed by atoms with Gasteiger partial charge in [-0.1, -0.05) is 48.0 Å². The molecule has 0 aliphatic carbocycles. The molecule has 29 heavy (non-hydrogen) atoms. The Hall–Kier alpha value is -2.18. The van der Waals surface area contributed by atoms with Crippen molar-refractivity contribution in [2.75, 3.05) is 26.2 Å². The van der Waals surface area contributed by atoms with Crippen LogP contribution in [0.4, 0.5) is 0 Å². The highest BCUT2D eigenvalue weighted by molar-refractivity contribution is 9.10. The van der Waals surface area contributed by atoms with Crippen LogP contribution in [0.3, 0.4) is 0 Å². The van der Waals surface area contributed by atoms with E-state index in [1.165, 1.54) is 0 Å². The molecular formula is C23H29BrN4O. The van der Waals surface area contributed by atoms with E-state index in [4.69, 9.17) is 4.98 Å². The molecule has 0 saturated carbocycles. The van der Waals surface area contributed by atoms with Crippen molar-refractivity contribution in [1.29, 1.82) is 0 Å². The lowest BCUT2D eigenvalue weighted by molar-refractivity contribution is -0.121. The standard InChI is InChI=1S/C23H29BrN4O/c1-3-27(4-2)16-7-15-25-22(29)14-13-20-23(18-9-11-19(24)12-10-18)26-21-8-5-6-17-28(20)21/h5-6,8-12,17H,3-4,7,13-16H2,1-2H3,(H,25,29). The lowest BCUT2D eigenvalue weighted by Crippen LogP contribution is -2.30. The first-order valence-corrected chi connectivity index (χ1v) is 11.1. The van der Waals surface area contributed by atoms with Crippen LogP contribution < -0.4 is 5.32 Å². The van der Waals surface area contributed by atoms with Crippen LogP contribution in [0.5, 0.6) is 0 Å². The van der Waals surface area contributed by atoms with E-state index in [0.29, 0.717) is 12.8 Å². The molecule has 0 unspecified atom stereocenters. The first-order chi connectivity index (χ1) is 14.1. The molecule has 0 aliphatic heterocycles. The number of hydrogen-bond donors (Lipinski definition) is 1. The Morgan fingerprint density at radius 2 is 1.90 bits per heavy atom. The SMILES string of the molecule is CCN(CC)CCCNC(=O)CCc1c(-c2ccc(Br)cc2)nc2ccccn12. The minimum atomic E-state index is 0.0946. The fourth-order valence-electron chi connectivity index (χ4n) is 3.51. The van der Waals surface area contributed by atoms with Gasteiger partial charge in [-0.05, 0) is 56.7 Å². The van der Waals surface area contributed by atoms with E-state index in [0.717, 1.165) is 59.7 Å². The maximum atomic E-state index is 12.4. The molecule has 1 amide bonds. The number of amides is 1. The Morgan fingerprint density at radius 1 is 1.14 bits per heavy atom. The average Bonchev–Trinajstić information content (AvgIpc) is 3.11. The van der Waals surface area contributed by atoms with Crippen LogP contribution >= 0.6 is 15.9 Å². The number of carbonyl (C=O) groups is 1. The minimum absolute atomic E-state index is 0.0946. The summed E-state index contributed by atoms with van der Waals surface area (Å²) < 4.78 is 3.13. The van der Waals surface area contributed by atoms with Crippen molar-refractivity contribution in [2.24, 2.45) is 0 Å². The zero-order chi connectivity index (χ0) is 20.6. The van der Waals surface area contributed by atoms with Gasteiger partial charge in [0.05, 0.1) is 11.4 Å². The summed E-state index contributed by atoms with van der Waals surface area (Å²) in [6.07, 6.45) is 4.10. The molecule has 5 nitrogen and oxygen atoms in total. The first kappa shape index (κ1) is 21.5. The van der Waals surface area contributed by atoms with Crippen LogP contribution in [-0.2, 0) is 11.2 Å². The third-order valence-corrected chi connectivity index (χ3v) is 5.73. The summed E-state index contributed by atoms with van der Waals surface area (Å²) >= 11 is 3.49. The number of benzene rings is 1. The van der Waals surface area contributed by atoms with Crippen LogP contribution in [0.15, 0.2) is 53.1 Å². The molecule has 1 aromatic carbocycles. The third-order valence-electron chi connectivity index (χ3n) is 5.20. The predicted octanol–water partition coefficient (Wildman–Crippen LogP) is 4.54. The summed E-state index contributed by atoms with van der Waals surface area (Å²) in [7, 11) is 0. The number of hydrogen-bond acceptors (Lipinski definition) is 3. The van der Waals surface area contributed by atoms with Crippen molar-refractivity contribution < 1.29 is 4.79 Å². The monoisotopic (exact) mass is 456 g/mol. The number of halogens is 1. The Balaban J connectivity index is 1.65. The first-order valence-electron chi connectivity index (χ1n) is 10.3. The number of carbonyl (C=O) groups excluding carboxylic acids is 1. The zero-order valence-corrected chi connectivity index (χ0v) is 18.8. The topological polar surface area (TPSA) is 49.6 Å². The van der Waals surface area contributed by atoms with Gasteiger partial charge in [0.1, 0.15) is 5.65 Å². The summed E-state index contributed by atoms with van der Waals surface area (Å²) in [5.41, 5.74) is 3.98. The van der Waals surface area contributed by atoms with Crippen molar-refractivity contribution in [1.82, 2.24) is 19.6 Å². The van der Waals surface area contributed by atoms with Gasteiger partial charge in [-0.2, -0.15) is 0 Å². The average molecular weight is 457 g/mol. The molecule has 6 heteroatoms. The Bertz CT molecular complexity index is 932. The minimum Gasteiger partial charge on any atom is -0.356 e. The molecule has 3 rings (SSSR count). The fraction of sp³-hybridized carbons (Fsp3) is 0.391. The molecule has 154 valence electrons. The maximum absolute atomic E-state index is 12.4. The van der Waals surface area contributed by atoms with Crippen LogP contribution in [0.2, 0.25) is 0 Å². The lowest BCUT2D eigenvalue weighted by Gasteiger charge is -2.17. The number of imidazole rings is 1. The number of aryl methyl sites for hydroxylation is 1. The van der Waals surface area contributed by atoms with Crippen LogP contribution in [0, 0.1) is 0 Å². The molecule has 0 atom stereocenters. The highest BCUT2D eigenvalue weighted by Gasteiger charge is 2.15. The maximum Gasteiger partial charge on any atom is 0.220 e. The van der Waals surface area contributed by atoms with Crippen molar-refractivity contribution in [3.8, 4) is 11.3 Å². The van der Waals surface area contributed by atoms with Crippen LogP contribution in [-0.4, -0.2) is 46.4 Å². The Kier molecular flexibility index (Phi) is 7.83.